The van der Waals surface area contributed by atoms with Gasteiger partial charge in [0.1, 0.15) is 16.7 Å². The van der Waals surface area contributed by atoms with Crippen LogP contribution in [0, 0.1) is 5.82 Å². The number of amidine groups is 1. The number of nitrogens with two attached hydrogens (primary N) is 2. The number of hydrogen-bond acceptors (Lipinski definition) is 3. The molecule has 0 saturated carbocycles. The molecule has 18 heavy (non-hydrogen) atoms. The van der Waals surface area contributed by atoms with E-state index in [0.29, 0.717) is 24.4 Å². The van der Waals surface area contributed by atoms with Crippen molar-refractivity contribution >= 4 is 17.6 Å². The third-order valence-electron chi connectivity index (χ3n) is 2.38. The number of benzene rings is 1. The van der Waals surface area contributed by atoms with Crippen molar-refractivity contribution in [2.24, 2.45) is 16.5 Å². The summed E-state index contributed by atoms with van der Waals surface area (Å²) >= 11 is 1.46. The van der Waals surface area contributed by atoms with Crippen molar-refractivity contribution in [2.75, 3.05) is 6.26 Å². The summed E-state index contributed by atoms with van der Waals surface area (Å²) in [7, 11) is 0. The van der Waals surface area contributed by atoms with Gasteiger partial charge in [-0.15, -0.1) is 11.8 Å². The fraction of sp³-hybridized carbons (Fsp3) is 0.308. The van der Waals surface area contributed by atoms with Gasteiger partial charge in [-0.05, 0) is 24.0 Å². The van der Waals surface area contributed by atoms with Crippen LogP contribution in [0.15, 0.2) is 40.0 Å². The summed E-state index contributed by atoms with van der Waals surface area (Å²) in [6.45, 7) is 1.94. The quantitative estimate of drug-likeness (QED) is 0.636. The SMILES string of the molecule is CC/C(N)=N/C(SC)=C(\N)Cc1ccc(F)cc1. The van der Waals surface area contributed by atoms with E-state index in [1.807, 2.05) is 13.2 Å². The average Bonchev–Trinajstić information content (AvgIpc) is 2.38. The Morgan fingerprint density at radius 1 is 1.28 bits per heavy atom. The van der Waals surface area contributed by atoms with Gasteiger partial charge in [0.15, 0.2) is 0 Å². The minimum Gasteiger partial charge on any atom is -0.400 e. The first-order chi connectivity index (χ1) is 8.56. The van der Waals surface area contributed by atoms with Crippen LogP contribution in [-0.2, 0) is 6.42 Å². The fourth-order valence-corrected chi connectivity index (χ4v) is 1.90. The molecule has 0 unspecified atom stereocenters. The van der Waals surface area contributed by atoms with Gasteiger partial charge in [0.2, 0.25) is 0 Å². The molecule has 0 bridgehead atoms. The largest absolute Gasteiger partial charge is 0.400 e. The van der Waals surface area contributed by atoms with Crippen LogP contribution in [0.4, 0.5) is 4.39 Å². The first kappa shape index (κ1) is 14.6. The topological polar surface area (TPSA) is 64.4 Å². The molecule has 4 N–H and O–H groups in total. The standard InChI is InChI=1S/C13H18FN3S/c1-3-12(16)17-13(18-2)11(15)8-9-4-6-10(14)7-5-9/h4-7H,3,8,15H2,1-2H3,(H2,16,17)/b13-11+. The van der Waals surface area contributed by atoms with E-state index in [0.717, 1.165) is 10.6 Å². The Morgan fingerprint density at radius 3 is 2.39 bits per heavy atom. The Kier molecular flexibility index (Phi) is 5.71. The van der Waals surface area contributed by atoms with E-state index in [1.165, 1.54) is 23.9 Å². The molecule has 0 aliphatic carbocycles. The Labute approximate surface area is 111 Å². The minimum atomic E-state index is -0.250. The zero-order chi connectivity index (χ0) is 13.5. The van der Waals surface area contributed by atoms with Crippen molar-refractivity contribution in [3.8, 4) is 0 Å². The van der Waals surface area contributed by atoms with Crippen molar-refractivity contribution in [2.45, 2.75) is 19.8 Å². The molecule has 3 nitrogen and oxygen atoms in total. The van der Waals surface area contributed by atoms with Crippen LogP contribution >= 0.6 is 11.8 Å². The zero-order valence-corrected chi connectivity index (χ0v) is 11.4. The molecule has 0 aliphatic rings. The molecule has 0 atom stereocenters. The predicted molar refractivity (Wildman–Crippen MR) is 76.7 cm³/mol. The van der Waals surface area contributed by atoms with E-state index >= 15 is 0 Å². The van der Waals surface area contributed by atoms with Gasteiger partial charge in [-0.25, -0.2) is 9.38 Å². The molecule has 0 spiro atoms. The van der Waals surface area contributed by atoms with Crippen LogP contribution in [0.5, 0.6) is 0 Å². The summed E-state index contributed by atoms with van der Waals surface area (Å²) < 4.78 is 12.8. The molecule has 5 heteroatoms. The van der Waals surface area contributed by atoms with E-state index in [4.69, 9.17) is 11.5 Å². The third-order valence-corrected chi connectivity index (χ3v) is 3.12. The monoisotopic (exact) mass is 267 g/mol. The molecule has 98 valence electrons. The highest BCUT2D eigenvalue weighted by molar-refractivity contribution is 8.02. The Hall–Kier alpha value is -1.49. The third kappa shape index (κ3) is 4.41. The van der Waals surface area contributed by atoms with Gasteiger partial charge in [-0.2, -0.15) is 0 Å². The lowest BCUT2D eigenvalue weighted by atomic mass is 10.1. The average molecular weight is 267 g/mol. The summed E-state index contributed by atoms with van der Waals surface area (Å²) in [6.07, 6.45) is 3.13. The summed E-state index contributed by atoms with van der Waals surface area (Å²) in [5.41, 5.74) is 13.3. The lowest BCUT2D eigenvalue weighted by molar-refractivity contribution is 0.627. The number of aliphatic imine (C=N–C) groups is 1. The molecule has 0 amide bonds. The highest BCUT2D eigenvalue weighted by Crippen LogP contribution is 2.19. The van der Waals surface area contributed by atoms with Crippen LogP contribution in [0.1, 0.15) is 18.9 Å². The highest BCUT2D eigenvalue weighted by atomic mass is 32.2. The van der Waals surface area contributed by atoms with Crippen LogP contribution in [0.25, 0.3) is 0 Å². The van der Waals surface area contributed by atoms with Gasteiger partial charge in [0.05, 0.1) is 0 Å². The van der Waals surface area contributed by atoms with Gasteiger partial charge in [0, 0.05) is 18.5 Å². The summed E-state index contributed by atoms with van der Waals surface area (Å²) in [5.74, 6) is 0.307. The molecular weight excluding hydrogens is 249 g/mol. The molecule has 0 saturated heterocycles. The Morgan fingerprint density at radius 2 is 1.89 bits per heavy atom. The highest BCUT2D eigenvalue weighted by Gasteiger charge is 2.04. The van der Waals surface area contributed by atoms with E-state index in [2.05, 4.69) is 4.99 Å². The number of allylic oxidation sites excluding steroid dienone is 1. The maximum absolute atomic E-state index is 12.8. The van der Waals surface area contributed by atoms with Gasteiger partial charge in [-0.1, -0.05) is 19.1 Å². The molecule has 0 heterocycles. The number of hydrogen-bond donors (Lipinski definition) is 2. The van der Waals surface area contributed by atoms with Gasteiger partial charge in [0.25, 0.3) is 0 Å². The number of rotatable bonds is 5. The summed E-state index contributed by atoms with van der Waals surface area (Å²) in [6, 6.07) is 6.27. The van der Waals surface area contributed by atoms with Crippen LogP contribution in [0.2, 0.25) is 0 Å². The summed E-state index contributed by atoms with van der Waals surface area (Å²) in [5, 5.41) is 0.721. The van der Waals surface area contributed by atoms with E-state index in [1.54, 1.807) is 12.1 Å². The van der Waals surface area contributed by atoms with Gasteiger partial charge < -0.3 is 11.5 Å². The van der Waals surface area contributed by atoms with Crippen LogP contribution in [0.3, 0.4) is 0 Å². The Bertz CT molecular complexity index is 452. The molecule has 1 rings (SSSR count). The lowest BCUT2D eigenvalue weighted by Gasteiger charge is -2.07. The van der Waals surface area contributed by atoms with E-state index in [9.17, 15) is 4.39 Å². The maximum Gasteiger partial charge on any atom is 0.123 e. The maximum atomic E-state index is 12.8. The minimum absolute atomic E-state index is 0.250. The lowest BCUT2D eigenvalue weighted by Crippen LogP contribution is -2.11. The molecular formula is C13H18FN3S. The van der Waals surface area contributed by atoms with E-state index < -0.39 is 0 Å². The van der Waals surface area contributed by atoms with Crippen molar-refractivity contribution in [3.63, 3.8) is 0 Å². The second kappa shape index (κ2) is 7.06. The predicted octanol–water partition coefficient (Wildman–Crippen LogP) is 2.63. The molecule has 0 aliphatic heterocycles. The molecule has 0 aromatic heterocycles. The normalized spacial score (nSPS) is 13.4. The molecule has 1 aromatic carbocycles. The second-order valence-corrected chi connectivity index (χ2v) is 4.59. The number of thioether (sulfide) groups is 1. The van der Waals surface area contributed by atoms with Gasteiger partial charge in [-0.3, -0.25) is 0 Å². The smallest absolute Gasteiger partial charge is 0.123 e. The number of nitrogens with zero attached hydrogens (tertiary/aromatic N) is 1. The van der Waals surface area contributed by atoms with Gasteiger partial charge >= 0.3 is 0 Å². The molecule has 1 aromatic rings. The van der Waals surface area contributed by atoms with Crippen molar-refractivity contribution in [1.82, 2.24) is 0 Å². The Balaban J connectivity index is 2.89. The van der Waals surface area contributed by atoms with Crippen LogP contribution < -0.4 is 11.5 Å². The first-order valence-electron chi connectivity index (χ1n) is 5.67. The zero-order valence-electron chi connectivity index (χ0n) is 10.6. The number of halogens is 1. The van der Waals surface area contributed by atoms with Crippen molar-refractivity contribution < 1.29 is 4.39 Å². The fourth-order valence-electron chi connectivity index (χ4n) is 1.36. The molecule has 0 fully saturated rings. The molecule has 0 radical (unpaired) electrons. The van der Waals surface area contributed by atoms with Crippen molar-refractivity contribution in [3.05, 3.63) is 46.4 Å². The van der Waals surface area contributed by atoms with Crippen molar-refractivity contribution in [1.29, 1.82) is 0 Å². The summed E-state index contributed by atoms with van der Waals surface area (Å²) in [4.78, 5) is 4.27. The van der Waals surface area contributed by atoms with E-state index in [-0.39, 0.29) is 5.82 Å². The second-order valence-electron chi connectivity index (χ2n) is 3.79. The first-order valence-corrected chi connectivity index (χ1v) is 6.89. The van der Waals surface area contributed by atoms with Crippen LogP contribution in [-0.4, -0.2) is 12.1 Å².